The van der Waals surface area contributed by atoms with Gasteiger partial charge in [-0.1, -0.05) is 0 Å². The number of halogens is 3. The lowest BCUT2D eigenvalue weighted by Gasteiger charge is -2.09. The number of nitrogens with one attached hydrogen (secondary N) is 1. The molecule has 0 spiro atoms. The van der Waals surface area contributed by atoms with Gasteiger partial charge in [-0.2, -0.15) is 5.10 Å². The van der Waals surface area contributed by atoms with Crippen LogP contribution in [0.4, 0.5) is 18.9 Å². The zero-order valence-corrected chi connectivity index (χ0v) is 11.2. The largest absolute Gasteiger partial charge is 0.573 e. The van der Waals surface area contributed by atoms with E-state index in [2.05, 4.69) is 15.2 Å². The molecule has 2 rings (SSSR count). The summed E-state index contributed by atoms with van der Waals surface area (Å²) in [7, 11) is 1.69. The predicted molar refractivity (Wildman–Crippen MR) is 69.0 cm³/mol. The molecular formula is C13H12F3N3O2. The summed E-state index contributed by atoms with van der Waals surface area (Å²) < 4.78 is 41.3. The van der Waals surface area contributed by atoms with Crippen LogP contribution in [0.25, 0.3) is 0 Å². The Morgan fingerprint density at radius 1 is 1.29 bits per heavy atom. The number of hydrogen-bond acceptors (Lipinski definition) is 3. The first-order chi connectivity index (χ1) is 9.74. The summed E-state index contributed by atoms with van der Waals surface area (Å²) in [5.74, 6) is -0.733. The Hall–Kier alpha value is -2.51. The van der Waals surface area contributed by atoms with Crippen molar-refractivity contribution >= 4 is 11.6 Å². The molecule has 0 unspecified atom stereocenters. The molecule has 0 fully saturated rings. The van der Waals surface area contributed by atoms with Gasteiger partial charge in [-0.25, -0.2) is 0 Å². The van der Waals surface area contributed by atoms with Gasteiger partial charge in [0.2, 0.25) is 0 Å². The van der Waals surface area contributed by atoms with Crippen molar-refractivity contribution in [2.45, 2.75) is 13.3 Å². The van der Waals surface area contributed by atoms with Crippen molar-refractivity contribution in [1.29, 1.82) is 0 Å². The van der Waals surface area contributed by atoms with Gasteiger partial charge in [-0.15, -0.1) is 13.2 Å². The van der Waals surface area contributed by atoms with Crippen LogP contribution in [0.5, 0.6) is 5.75 Å². The molecule has 0 aliphatic heterocycles. The Balaban J connectivity index is 2.07. The summed E-state index contributed by atoms with van der Waals surface area (Å²) >= 11 is 0. The number of amides is 1. The molecular weight excluding hydrogens is 287 g/mol. The second-order valence-corrected chi connectivity index (χ2v) is 4.33. The second kappa shape index (κ2) is 5.47. The van der Waals surface area contributed by atoms with Crippen LogP contribution < -0.4 is 10.1 Å². The average Bonchev–Trinajstić information content (AvgIpc) is 2.69. The topological polar surface area (TPSA) is 56.2 Å². The molecule has 1 N–H and O–H groups in total. The van der Waals surface area contributed by atoms with Crippen molar-refractivity contribution in [2.24, 2.45) is 7.05 Å². The van der Waals surface area contributed by atoms with Crippen molar-refractivity contribution in [3.63, 3.8) is 0 Å². The first-order valence-corrected chi connectivity index (χ1v) is 5.92. The molecule has 8 heteroatoms. The van der Waals surface area contributed by atoms with Crippen LogP contribution in [0.2, 0.25) is 0 Å². The van der Waals surface area contributed by atoms with Gasteiger partial charge in [-0.3, -0.25) is 9.48 Å². The van der Waals surface area contributed by atoms with Crippen LogP contribution in [0.1, 0.15) is 16.1 Å². The van der Waals surface area contributed by atoms with Crippen molar-refractivity contribution in [3.05, 3.63) is 41.7 Å². The normalized spacial score (nSPS) is 11.3. The number of aryl methyl sites for hydroxylation is 2. The van der Waals surface area contributed by atoms with Crippen LogP contribution in [-0.4, -0.2) is 22.1 Å². The molecule has 0 radical (unpaired) electrons. The number of nitrogens with zero attached hydrogens (tertiary/aromatic N) is 2. The number of alkyl halides is 3. The molecule has 0 saturated heterocycles. The number of carbonyl (C=O) groups excluding carboxylic acids is 1. The van der Waals surface area contributed by atoms with Crippen molar-refractivity contribution in [1.82, 2.24) is 9.78 Å². The van der Waals surface area contributed by atoms with Crippen LogP contribution in [0.15, 0.2) is 30.5 Å². The quantitative estimate of drug-likeness (QED) is 0.948. The van der Waals surface area contributed by atoms with Gasteiger partial charge in [0.1, 0.15) is 5.75 Å². The van der Waals surface area contributed by atoms with Crippen LogP contribution in [0, 0.1) is 6.92 Å². The number of aromatic nitrogens is 2. The lowest BCUT2D eigenvalue weighted by Crippen LogP contribution is -2.17. The Kier molecular flexibility index (Phi) is 3.88. The molecule has 1 aromatic carbocycles. The lowest BCUT2D eigenvalue weighted by molar-refractivity contribution is -0.274. The van der Waals surface area contributed by atoms with Gasteiger partial charge in [0, 0.05) is 18.9 Å². The van der Waals surface area contributed by atoms with E-state index in [1.54, 1.807) is 20.2 Å². The molecule has 112 valence electrons. The third-order valence-corrected chi connectivity index (χ3v) is 2.60. The number of rotatable bonds is 3. The minimum Gasteiger partial charge on any atom is -0.406 e. The number of benzene rings is 1. The van der Waals surface area contributed by atoms with Crippen LogP contribution >= 0.6 is 0 Å². The van der Waals surface area contributed by atoms with E-state index in [-0.39, 0.29) is 11.7 Å². The molecule has 1 aromatic heterocycles. The van der Waals surface area contributed by atoms with E-state index in [0.29, 0.717) is 16.9 Å². The highest BCUT2D eigenvalue weighted by molar-refractivity contribution is 6.04. The minimum atomic E-state index is -4.74. The summed E-state index contributed by atoms with van der Waals surface area (Å²) in [6.45, 7) is 1.69. The smallest absolute Gasteiger partial charge is 0.406 e. The molecule has 5 nitrogen and oxygen atoms in total. The minimum absolute atomic E-state index is 0.349. The highest BCUT2D eigenvalue weighted by Gasteiger charge is 2.30. The number of anilines is 1. The fourth-order valence-electron chi connectivity index (χ4n) is 1.76. The molecule has 0 aliphatic carbocycles. The SMILES string of the molecule is Cc1nn(C)cc1C(=O)Nc1ccc(OC(F)(F)F)cc1. The number of ether oxygens (including phenoxy) is 1. The molecule has 1 amide bonds. The number of carbonyl (C=O) groups is 1. The first kappa shape index (κ1) is 14.9. The van der Waals surface area contributed by atoms with Crippen molar-refractivity contribution in [2.75, 3.05) is 5.32 Å². The van der Waals surface area contributed by atoms with Gasteiger partial charge in [0.15, 0.2) is 0 Å². The summed E-state index contributed by atoms with van der Waals surface area (Å²) in [5, 5.41) is 6.61. The van der Waals surface area contributed by atoms with Gasteiger partial charge in [0.05, 0.1) is 11.3 Å². The highest BCUT2D eigenvalue weighted by Crippen LogP contribution is 2.24. The first-order valence-electron chi connectivity index (χ1n) is 5.92. The zero-order chi connectivity index (χ0) is 15.6. The summed E-state index contributed by atoms with van der Waals surface area (Å²) in [4.78, 5) is 12.0. The van der Waals surface area contributed by atoms with Gasteiger partial charge in [0.25, 0.3) is 5.91 Å². The maximum absolute atomic E-state index is 12.0. The summed E-state index contributed by atoms with van der Waals surface area (Å²) in [6.07, 6.45) is -3.18. The monoisotopic (exact) mass is 299 g/mol. The third kappa shape index (κ3) is 3.98. The average molecular weight is 299 g/mol. The molecule has 0 aliphatic rings. The summed E-state index contributed by atoms with van der Waals surface area (Å²) in [5.41, 5.74) is 1.32. The van der Waals surface area contributed by atoms with E-state index >= 15 is 0 Å². The van der Waals surface area contributed by atoms with Gasteiger partial charge < -0.3 is 10.1 Å². The van der Waals surface area contributed by atoms with E-state index in [1.807, 2.05) is 0 Å². The van der Waals surface area contributed by atoms with Gasteiger partial charge in [-0.05, 0) is 31.2 Å². The van der Waals surface area contributed by atoms with Crippen molar-refractivity contribution < 1.29 is 22.7 Å². The van der Waals surface area contributed by atoms with E-state index in [1.165, 1.54) is 16.8 Å². The molecule has 0 atom stereocenters. The van der Waals surface area contributed by atoms with E-state index < -0.39 is 6.36 Å². The highest BCUT2D eigenvalue weighted by atomic mass is 19.4. The molecule has 0 bridgehead atoms. The maximum Gasteiger partial charge on any atom is 0.573 e. The molecule has 0 saturated carbocycles. The molecule has 2 aromatic rings. The van der Waals surface area contributed by atoms with E-state index in [4.69, 9.17) is 0 Å². The number of hydrogen-bond donors (Lipinski definition) is 1. The fraction of sp³-hybridized carbons (Fsp3) is 0.231. The standard InChI is InChI=1S/C13H12F3N3O2/c1-8-11(7-19(2)18-8)12(20)17-9-3-5-10(6-4-9)21-13(14,15)16/h3-7H,1-2H3,(H,17,20). The van der Waals surface area contributed by atoms with Crippen molar-refractivity contribution in [3.8, 4) is 5.75 Å². The predicted octanol–water partition coefficient (Wildman–Crippen LogP) is 2.88. The summed E-state index contributed by atoms with van der Waals surface area (Å²) in [6, 6.07) is 4.90. The molecule has 21 heavy (non-hydrogen) atoms. The Morgan fingerprint density at radius 2 is 1.90 bits per heavy atom. The van der Waals surface area contributed by atoms with Crippen LogP contribution in [0.3, 0.4) is 0 Å². The Morgan fingerprint density at radius 3 is 2.38 bits per heavy atom. The maximum atomic E-state index is 12.0. The Bertz CT molecular complexity index is 648. The third-order valence-electron chi connectivity index (χ3n) is 2.60. The fourth-order valence-corrected chi connectivity index (χ4v) is 1.76. The zero-order valence-electron chi connectivity index (χ0n) is 11.2. The van der Waals surface area contributed by atoms with Gasteiger partial charge >= 0.3 is 6.36 Å². The second-order valence-electron chi connectivity index (χ2n) is 4.33. The van der Waals surface area contributed by atoms with Crippen LogP contribution in [-0.2, 0) is 7.05 Å². The molecule has 1 heterocycles. The van der Waals surface area contributed by atoms with E-state index in [9.17, 15) is 18.0 Å². The Labute approximate surface area is 118 Å². The lowest BCUT2D eigenvalue weighted by atomic mass is 10.2. The van der Waals surface area contributed by atoms with E-state index in [0.717, 1.165) is 12.1 Å².